The van der Waals surface area contributed by atoms with Gasteiger partial charge in [0.15, 0.2) is 0 Å². The van der Waals surface area contributed by atoms with E-state index in [0.717, 1.165) is 15.6 Å². The van der Waals surface area contributed by atoms with Crippen molar-refractivity contribution in [2.75, 3.05) is 0 Å². The van der Waals surface area contributed by atoms with Gasteiger partial charge in [-0.2, -0.15) is 0 Å². The summed E-state index contributed by atoms with van der Waals surface area (Å²) in [6, 6.07) is 16.5. The molecular formula is C17H15BrN2O2. The fraction of sp³-hybridized carbons (Fsp3) is 0.176. The van der Waals surface area contributed by atoms with E-state index in [0.29, 0.717) is 0 Å². The van der Waals surface area contributed by atoms with Crippen molar-refractivity contribution >= 4 is 27.9 Å². The minimum absolute atomic E-state index is 0.237. The standard InChI is InChI=1S/C17H15BrN2O2/c1-17(13-8-5-9-14(18)10-13)15(21)20(16(22)19-17)11-12-6-3-2-4-7-12/h2-10H,11H2,1H3,(H,19,22). The SMILES string of the molecule is CC1(c2cccc(Br)c2)NC(=O)N(Cc2ccccc2)C1=O. The topological polar surface area (TPSA) is 49.4 Å². The van der Waals surface area contributed by atoms with Crippen LogP contribution in [-0.2, 0) is 16.9 Å². The molecule has 1 saturated heterocycles. The van der Waals surface area contributed by atoms with E-state index in [2.05, 4.69) is 21.2 Å². The molecule has 2 aromatic rings. The molecule has 22 heavy (non-hydrogen) atoms. The second-order valence-electron chi connectivity index (χ2n) is 5.44. The van der Waals surface area contributed by atoms with Gasteiger partial charge in [-0.15, -0.1) is 0 Å². The first-order valence-corrected chi connectivity index (χ1v) is 7.74. The summed E-state index contributed by atoms with van der Waals surface area (Å²) in [7, 11) is 0. The van der Waals surface area contributed by atoms with Gasteiger partial charge in [0.1, 0.15) is 5.54 Å². The van der Waals surface area contributed by atoms with Crippen molar-refractivity contribution in [1.82, 2.24) is 10.2 Å². The van der Waals surface area contributed by atoms with Crippen LogP contribution in [0.1, 0.15) is 18.1 Å². The first-order chi connectivity index (χ1) is 10.5. The molecule has 112 valence electrons. The van der Waals surface area contributed by atoms with Gasteiger partial charge < -0.3 is 5.32 Å². The molecule has 1 atom stereocenters. The number of hydrogen-bond donors (Lipinski definition) is 1. The molecule has 3 rings (SSSR count). The highest BCUT2D eigenvalue weighted by Crippen LogP contribution is 2.31. The number of imide groups is 1. The van der Waals surface area contributed by atoms with Gasteiger partial charge in [-0.1, -0.05) is 58.4 Å². The molecular weight excluding hydrogens is 344 g/mol. The highest BCUT2D eigenvalue weighted by molar-refractivity contribution is 9.10. The summed E-state index contributed by atoms with van der Waals surface area (Å²) >= 11 is 3.40. The second kappa shape index (κ2) is 5.57. The minimum atomic E-state index is -1.03. The van der Waals surface area contributed by atoms with Gasteiger partial charge in [0.05, 0.1) is 6.54 Å². The molecule has 1 heterocycles. The summed E-state index contributed by atoms with van der Waals surface area (Å²) in [5.74, 6) is -0.237. The molecule has 4 nitrogen and oxygen atoms in total. The Balaban J connectivity index is 1.91. The highest BCUT2D eigenvalue weighted by Gasteiger charge is 2.48. The molecule has 3 amide bonds. The van der Waals surface area contributed by atoms with Crippen LogP contribution < -0.4 is 5.32 Å². The molecule has 0 aliphatic carbocycles. The predicted molar refractivity (Wildman–Crippen MR) is 87.0 cm³/mol. The summed E-state index contributed by atoms with van der Waals surface area (Å²) in [5.41, 5.74) is 0.649. The monoisotopic (exact) mass is 358 g/mol. The Bertz CT molecular complexity index is 732. The number of halogens is 1. The minimum Gasteiger partial charge on any atom is -0.319 e. The molecule has 1 fully saturated rings. The van der Waals surface area contributed by atoms with Gasteiger partial charge in [-0.05, 0) is 30.2 Å². The van der Waals surface area contributed by atoms with Gasteiger partial charge in [0.2, 0.25) is 0 Å². The maximum Gasteiger partial charge on any atom is 0.325 e. The van der Waals surface area contributed by atoms with E-state index in [1.165, 1.54) is 4.90 Å². The van der Waals surface area contributed by atoms with Crippen LogP contribution >= 0.6 is 15.9 Å². The zero-order chi connectivity index (χ0) is 15.7. The van der Waals surface area contributed by atoms with Crippen molar-refractivity contribution in [2.24, 2.45) is 0 Å². The number of amides is 3. The third kappa shape index (κ3) is 2.52. The van der Waals surface area contributed by atoms with E-state index in [1.807, 2.05) is 54.6 Å². The number of nitrogens with one attached hydrogen (secondary N) is 1. The maximum absolute atomic E-state index is 12.8. The van der Waals surface area contributed by atoms with Gasteiger partial charge >= 0.3 is 6.03 Å². The average Bonchev–Trinajstić information content (AvgIpc) is 2.73. The second-order valence-corrected chi connectivity index (χ2v) is 6.36. The van der Waals surface area contributed by atoms with E-state index in [4.69, 9.17) is 0 Å². The van der Waals surface area contributed by atoms with E-state index in [9.17, 15) is 9.59 Å². The maximum atomic E-state index is 12.8. The van der Waals surface area contributed by atoms with Crippen LogP contribution in [0.5, 0.6) is 0 Å². The zero-order valence-corrected chi connectivity index (χ0v) is 13.6. The molecule has 1 aliphatic rings. The number of urea groups is 1. The largest absolute Gasteiger partial charge is 0.325 e. The third-order valence-electron chi connectivity index (χ3n) is 3.86. The highest BCUT2D eigenvalue weighted by atomic mass is 79.9. The van der Waals surface area contributed by atoms with E-state index in [-0.39, 0.29) is 18.5 Å². The van der Waals surface area contributed by atoms with E-state index in [1.54, 1.807) is 6.92 Å². The number of carbonyl (C=O) groups excluding carboxylic acids is 2. The van der Waals surface area contributed by atoms with Crippen LogP contribution in [0.3, 0.4) is 0 Å². The zero-order valence-electron chi connectivity index (χ0n) is 12.0. The molecule has 0 spiro atoms. The number of nitrogens with zero attached hydrogens (tertiary/aromatic N) is 1. The van der Waals surface area contributed by atoms with Crippen LogP contribution in [-0.4, -0.2) is 16.8 Å². The normalized spacial score (nSPS) is 21.1. The average molecular weight is 359 g/mol. The third-order valence-corrected chi connectivity index (χ3v) is 4.35. The summed E-state index contributed by atoms with van der Waals surface area (Å²) < 4.78 is 0.870. The lowest BCUT2D eigenvalue weighted by Crippen LogP contribution is -2.40. The Kier molecular flexibility index (Phi) is 3.74. The lowest BCUT2D eigenvalue weighted by atomic mass is 9.92. The van der Waals surface area contributed by atoms with Crippen LogP contribution in [0.2, 0.25) is 0 Å². The van der Waals surface area contributed by atoms with Gasteiger partial charge in [-0.3, -0.25) is 9.69 Å². The molecule has 2 aromatic carbocycles. The van der Waals surface area contributed by atoms with Crippen molar-refractivity contribution < 1.29 is 9.59 Å². The van der Waals surface area contributed by atoms with E-state index >= 15 is 0 Å². The lowest BCUT2D eigenvalue weighted by Gasteiger charge is -2.22. The first-order valence-electron chi connectivity index (χ1n) is 6.95. The molecule has 5 heteroatoms. The summed E-state index contributed by atoms with van der Waals surface area (Å²) in [5, 5.41) is 2.81. The van der Waals surface area contributed by atoms with Crippen molar-refractivity contribution in [1.29, 1.82) is 0 Å². The number of carbonyl (C=O) groups is 2. The van der Waals surface area contributed by atoms with Crippen LogP contribution in [0, 0.1) is 0 Å². The van der Waals surface area contributed by atoms with Crippen LogP contribution in [0.15, 0.2) is 59.1 Å². The Labute approximate surface area is 137 Å². The quantitative estimate of drug-likeness (QED) is 0.854. The molecule has 0 aromatic heterocycles. The summed E-state index contributed by atoms with van der Waals surface area (Å²) in [4.78, 5) is 26.3. The van der Waals surface area contributed by atoms with Gasteiger partial charge in [0, 0.05) is 4.47 Å². The predicted octanol–water partition coefficient (Wildman–Crippen LogP) is 3.42. The summed E-state index contributed by atoms with van der Waals surface area (Å²) in [6.07, 6.45) is 0. The molecule has 0 saturated carbocycles. The molecule has 1 aliphatic heterocycles. The van der Waals surface area contributed by atoms with Crippen LogP contribution in [0.4, 0.5) is 4.79 Å². The Morgan fingerprint density at radius 3 is 2.50 bits per heavy atom. The van der Waals surface area contributed by atoms with Crippen molar-refractivity contribution in [3.63, 3.8) is 0 Å². The Morgan fingerprint density at radius 1 is 1.09 bits per heavy atom. The Morgan fingerprint density at radius 2 is 1.82 bits per heavy atom. The Hall–Kier alpha value is -2.14. The number of benzene rings is 2. The van der Waals surface area contributed by atoms with Crippen LogP contribution in [0.25, 0.3) is 0 Å². The fourth-order valence-electron chi connectivity index (χ4n) is 2.60. The van der Waals surface area contributed by atoms with Crippen molar-refractivity contribution in [3.05, 3.63) is 70.2 Å². The van der Waals surface area contributed by atoms with Crippen molar-refractivity contribution in [3.8, 4) is 0 Å². The van der Waals surface area contributed by atoms with Crippen molar-refractivity contribution in [2.45, 2.75) is 19.0 Å². The first kappa shape index (κ1) is 14.8. The molecule has 0 radical (unpaired) electrons. The molecule has 0 bridgehead atoms. The molecule has 1 N–H and O–H groups in total. The summed E-state index contributed by atoms with van der Waals surface area (Å²) in [6.45, 7) is 2.01. The van der Waals surface area contributed by atoms with Gasteiger partial charge in [0.25, 0.3) is 5.91 Å². The number of rotatable bonds is 3. The fourth-order valence-corrected chi connectivity index (χ4v) is 3.00. The number of hydrogen-bond acceptors (Lipinski definition) is 2. The van der Waals surface area contributed by atoms with Gasteiger partial charge in [-0.25, -0.2) is 4.79 Å². The van der Waals surface area contributed by atoms with E-state index < -0.39 is 5.54 Å². The lowest BCUT2D eigenvalue weighted by molar-refractivity contribution is -0.131. The smallest absolute Gasteiger partial charge is 0.319 e. The molecule has 1 unspecified atom stereocenters.